The average molecular weight is 365 g/mol. The van der Waals surface area contributed by atoms with Gasteiger partial charge in [0, 0.05) is 18.2 Å². The second-order valence-corrected chi connectivity index (χ2v) is 6.04. The molecule has 0 bridgehead atoms. The Hall–Kier alpha value is -3.42. The summed E-state index contributed by atoms with van der Waals surface area (Å²) in [5.41, 5.74) is 1.40. The first-order valence-electron chi connectivity index (χ1n) is 8.76. The summed E-state index contributed by atoms with van der Waals surface area (Å²) in [6.07, 6.45) is 5.21. The van der Waals surface area contributed by atoms with Crippen molar-refractivity contribution >= 4 is 5.91 Å². The Bertz CT molecular complexity index is 925. The SMILES string of the molecule is CCOc1ccc2c(c1)C(NC(=O)c1ccc(-n3cncn3)nc1)CCO2. The van der Waals surface area contributed by atoms with E-state index in [0.717, 1.165) is 17.1 Å². The molecule has 27 heavy (non-hydrogen) atoms. The number of pyridine rings is 1. The Kier molecular flexibility index (Phi) is 4.69. The van der Waals surface area contributed by atoms with E-state index >= 15 is 0 Å². The topological polar surface area (TPSA) is 91.2 Å². The van der Waals surface area contributed by atoms with Gasteiger partial charge >= 0.3 is 0 Å². The van der Waals surface area contributed by atoms with Crippen molar-refractivity contribution in [1.29, 1.82) is 0 Å². The molecule has 1 aromatic carbocycles. The van der Waals surface area contributed by atoms with Crippen LogP contribution in [-0.4, -0.2) is 38.9 Å². The molecule has 0 saturated carbocycles. The van der Waals surface area contributed by atoms with Crippen LogP contribution in [0.2, 0.25) is 0 Å². The van der Waals surface area contributed by atoms with Crippen LogP contribution in [-0.2, 0) is 0 Å². The van der Waals surface area contributed by atoms with E-state index < -0.39 is 0 Å². The van der Waals surface area contributed by atoms with Crippen molar-refractivity contribution in [2.24, 2.45) is 0 Å². The second kappa shape index (κ2) is 7.45. The first kappa shape index (κ1) is 17.0. The number of hydrogen-bond donors (Lipinski definition) is 1. The van der Waals surface area contributed by atoms with Gasteiger partial charge in [0.1, 0.15) is 24.2 Å². The lowest BCUT2D eigenvalue weighted by atomic mass is 10.00. The maximum Gasteiger partial charge on any atom is 0.253 e. The number of carbonyl (C=O) groups is 1. The number of hydrogen-bond acceptors (Lipinski definition) is 6. The Balaban J connectivity index is 1.51. The van der Waals surface area contributed by atoms with Crippen LogP contribution < -0.4 is 14.8 Å². The highest BCUT2D eigenvalue weighted by molar-refractivity contribution is 5.94. The highest BCUT2D eigenvalue weighted by Gasteiger charge is 2.24. The summed E-state index contributed by atoms with van der Waals surface area (Å²) in [5.74, 6) is 1.95. The van der Waals surface area contributed by atoms with Crippen LogP contribution in [0.3, 0.4) is 0 Å². The van der Waals surface area contributed by atoms with Gasteiger partial charge in [-0.15, -0.1) is 0 Å². The molecule has 1 aliphatic heterocycles. The molecule has 8 nitrogen and oxygen atoms in total. The highest BCUT2D eigenvalue weighted by atomic mass is 16.5. The third-order valence-electron chi connectivity index (χ3n) is 4.30. The molecule has 1 aliphatic rings. The van der Waals surface area contributed by atoms with Crippen molar-refractivity contribution in [3.8, 4) is 17.3 Å². The van der Waals surface area contributed by atoms with Crippen molar-refractivity contribution < 1.29 is 14.3 Å². The predicted octanol–water partition coefficient (Wildman–Crippen LogP) is 2.31. The Morgan fingerprint density at radius 1 is 1.37 bits per heavy atom. The van der Waals surface area contributed by atoms with E-state index in [1.807, 2.05) is 25.1 Å². The summed E-state index contributed by atoms with van der Waals surface area (Å²) in [5, 5.41) is 7.09. The molecule has 1 amide bonds. The van der Waals surface area contributed by atoms with Gasteiger partial charge in [0.2, 0.25) is 0 Å². The van der Waals surface area contributed by atoms with Crippen LogP contribution in [0.25, 0.3) is 5.82 Å². The van der Waals surface area contributed by atoms with Crippen molar-refractivity contribution in [3.05, 3.63) is 60.3 Å². The molecular weight excluding hydrogens is 346 g/mol. The third kappa shape index (κ3) is 3.59. The Labute approximate surface area is 156 Å². The first-order chi connectivity index (χ1) is 13.2. The predicted molar refractivity (Wildman–Crippen MR) is 97.1 cm³/mol. The fraction of sp³-hybridized carbons (Fsp3) is 0.263. The standard InChI is InChI=1S/C19H19N5O3/c1-2-26-14-4-5-17-15(9-14)16(7-8-27-17)23-19(25)13-3-6-18(21-10-13)24-12-20-11-22-24/h3-6,9-12,16H,2,7-8H2,1H3,(H,23,25). The molecule has 138 valence electrons. The smallest absolute Gasteiger partial charge is 0.253 e. The Morgan fingerprint density at radius 2 is 2.30 bits per heavy atom. The van der Waals surface area contributed by atoms with Crippen molar-refractivity contribution in [2.45, 2.75) is 19.4 Å². The molecule has 0 spiro atoms. The first-order valence-corrected chi connectivity index (χ1v) is 8.76. The summed E-state index contributed by atoms with van der Waals surface area (Å²) in [4.78, 5) is 20.8. The van der Waals surface area contributed by atoms with Crippen molar-refractivity contribution in [2.75, 3.05) is 13.2 Å². The fourth-order valence-electron chi connectivity index (χ4n) is 3.00. The van der Waals surface area contributed by atoms with Crippen LogP contribution in [0.15, 0.2) is 49.2 Å². The normalized spacial score (nSPS) is 15.5. The number of nitrogens with zero attached hydrogens (tertiary/aromatic N) is 4. The van der Waals surface area contributed by atoms with Gasteiger partial charge in [0.15, 0.2) is 5.82 Å². The monoisotopic (exact) mass is 365 g/mol. The van der Waals surface area contributed by atoms with E-state index in [4.69, 9.17) is 9.47 Å². The summed E-state index contributed by atoms with van der Waals surface area (Å²) < 4.78 is 12.8. The number of nitrogens with one attached hydrogen (secondary N) is 1. The maximum absolute atomic E-state index is 12.7. The highest BCUT2D eigenvalue weighted by Crippen LogP contribution is 2.35. The van der Waals surface area contributed by atoms with Crippen LogP contribution in [0.5, 0.6) is 11.5 Å². The Morgan fingerprint density at radius 3 is 3.04 bits per heavy atom. The van der Waals surface area contributed by atoms with E-state index in [-0.39, 0.29) is 11.9 Å². The minimum atomic E-state index is -0.188. The second-order valence-electron chi connectivity index (χ2n) is 6.04. The van der Waals surface area contributed by atoms with Gasteiger partial charge in [-0.25, -0.2) is 14.6 Å². The molecule has 0 saturated heterocycles. The van der Waals surface area contributed by atoms with Gasteiger partial charge < -0.3 is 14.8 Å². The van der Waals surface area contributed by atoms with E-state index in [9.17, 15) is 4.79 Å². The van der Waals surface area contributed by atoms with Crippen LogP contribution >= 0.6 is 0 Å². The fourth-order valence-corrected chi connectivity index (χ4v) is 3.00. The van der Waals surface area contributed by atoms with Crippen LogP contribution in [0, 0.1) is 0 Å². The minimum Gasteiger partial charge on any atom is -0.494 e. The number of carbonyl (C=O) groups excluding carboxylic acids is 1. The summed E-state index contributed by atoms with van der Waals surface area (Å²) >= 11 is 0. The van der Waals surface area contributed by atoms with Crippen molar-refractivity contribution in [1.82, 2.24) is 25.1 Å². The zero-order valence-corrected chi connectivity index (χ0v) is 14.8. The molecule has 0 radical (unpaired) electrons. The zero-order valence-electron chi connectivity index (χ0n) is 14.8. The van der Waals surface area contributed by atoms with E-state index in [1.165, 1.54) is 17.2 Å². The molecular formula is C19H19N5O3. The molecule has 1 atom stereocenters. The summed E-state index contributed by atoms with van der Waals surface area (Å²) in [6.45, 7) is 3.07. The summed E-state index contributed by atoms with van der Waals surface area (Å²) in [6, 6.07) is 8.99. The maximum atomic E-state index is 12.7. The lowest BCUT2D eigenvalue weighted by Crippen LogP contribution is -2.32. The number of fused-ring (bicyclic) bond motifs is 1. The lowest BCUT2D eigenvalue weighted by Gasteiger charge is -2.27. The zero-order chi connectivity index (χ0) is 18.6. The van der Waals surface area contributed by atoms with Gasteiger partial charge in [-0.05, 0) is 37.3 Å². The molecule has 1 N–H and O–H groups in total. The summed E-state index contributed by atoms with van der Waals surface area (Å²) in [7, 11) is 0. The molecule has 8 heteroatoms. The number of ether oxygens (including phenoxy) is 2. The minimum absolute atomic E-state index is 0.142. The van der Waals surface area contributed by atoms with E-state index in [0.29, 0.717) is 31.0 Å². The average Bonchev–Trinajstić information content (AvgIpc) is 3.24. The van der Waals surface area contributed by atoms with Crippen molar-refractivity contribution in [3.63, 3.8) is 0 Å². The largest absolute Gasteiger partial charge is 0.494 e. The molecule has 3 heterocycles. The van der Waals surface area contributed by atoms with Gasteiger partial charge in [0.05, 0.1) is 24.8 Å². The number of amides is 1. The molecule has 1 unspecified atom stereocenters. The van der Waals surface area contributed by atoms with Crippen LogP contribution in [0.1, 0.15) is 35.3 Å². The molecule has 2 aromatic heterocycles. The molecule has 3 aromatic rings. The number of rotatable bonds is 5. The third-order valence-corrected chi connectivity index (χ3v) is 4.30. The van der Waals surface area contributed by atoms with Gasteiger partial charge in [-0.3, -0.25) is 4.79 Å². The molecule has 0 fully saturated rings. The van der Waals surface area contributed by atoms with Gasteiger partial charge in [-0.1, -0.05) is 0 Å². The van der Waals surface area contributed by atoms with E-state index in [2.05, 4.69) is 20.4 Å². The lowest BCUT2D eigenvalue weighted by molar-refractivity contribution is 0.0924. The van der Waals surface area contributed by atoms with Gasteiger partial charge in [-0.2, -0.15) is 5.10 Å². The molecule has 4 rings (SSSR count). The number of benzene rings is 1. The van der Waals surface area contributed by atoms with E-state index in [1.54, 1.807) is 18.5 Å². The quantitative estimate of drug-likeness (QED) is 0.746. The number of aromatic nitrogens is 4. The molecule has 0 aliphatic carbocycles. The van der Waals surface area contributed by atoms with Gasteiger partial charge in [0.25, 0.3) is 5.91 Å². The van der Waals surface area contributed by atoms with Crippen LogP contribution in [0.4, 0.5) is 0 Å².